The average Bonchev–Trinajstić information content (AvgIpc) is 3.20. The average molecular weight is 449 g/mol. The van der Waals surface area contributed by atoms with Gasteiger partial charge in [0.15, 0.2) is 5.84 Å². The number of nitrogens with zero attached hydrogens (tertiary/aromatic N) is 3. The van der Waals surface area contributed by atoms with Crippen molar-refractivity contribution in [3.05, 3.63) is 65.2 Å². The number of carbonyl (C=O) groups is 1. The molecule has 2 aromatic carbocycles. The molecule has 32 heavy (non-hydrogen) atoms. The number of ether oxygens (including phenoxy) is 2. The van der Waals surface area contributed by atoms with Crippen LogP contribution in [-0.4, -0.2) is 40.2 Å². The van der Waals surface area contributed by atoms with Crippen LogP contribution in [0.25, 0.3) is 6.08 Å². The van der Waals surface area contributed by atoms with Gasteiger partial charge in [0, 0.05) is 5.92 Å². The van der Waals surface area contributed by atoms with Gasteiger partial charge in [0.05, 0.1) is 5.57 Å². The molecule has 1 amide bonds. The van der Waals surface area contributed by atoms with Gasteiger partial charge in [0.1, 0.15) is 29.8 Å². The molecule has 0 unspecified atom stereocenters. The first-order valence-electron chi connectivity index (χ1n) is 10.3. The van der Waals surface area contributed by atoms with Gasteiger partial charge in [0.2, 0.25) is 5.17 Å². The molecule has 4 rings (SSSR count). The first kappa shape index (κ1) is 21.8. The molecule has 0 saturated carbocycles. The van der Waals surface area contributed by atoms with Crippen molar-refractivity contribution in [3.8, 4) is 11.5 Å². The smallest absolute Gasteiger partial charge is 0.283 e. The molecule has 1 N–H and O–H groups in total. The highest BCUT2D eigenvalue weighted by molar-refractivity contribution is 8.27. The molecule has 0 saturated heterocycles. The van der Waals surface area contributed by atoms with Gasteiger partial charge >= 0.3 is 0 Å². The van der Waals surface area contributed by atoms with Crippen LogP contribution in [0.2, 0.25) is 0 Å². The van der Waals surface area contributed by atoms with E-state index in [2.05, 4.69) is 10.1 Å². The second-order valence-electron chi connectivity index (χ2n) is 7.65. The van der Waals surface area contributed by atoms with Crippen molar-refractivity contribution < 1.29 is 14.3 Å². The summed E-state index contributed by atoms with van der Waals surface area (Å²) in [6.45, 7) is 6.84. The molecule has 164 valence electrons. The van der Waals surface area contributed by atoms with Crippen LogP contribution in [-0.2, 0) is 4.79 Å². The van der Waals surface area contributed by atoms with Crippen LogP contribution in [0.1, 0.15) is 25.0 Å². The molecule has 2 aromatic rings. The first-order valence-corrected chi connectivity index (χ1v) is 11.2. The highest BCUT2D eigenvalue weighted by Crippen LogP contribution is 2.31. The predicted octanol–water partition coefficient (Wildman–Crippen LogP) is 4.73. The molecule has 0 fully saturated rings. The van der Waals surface area contributed by atoms with Crippen LogP contribution in [0.15, 0.2) is 64.2 Å². The number of para-hydroxylation sites is 1. The quantitative estimate of drug-likeness (QED) is 0.489. The van der Waals surface area contributed by atoms with E-state index < -0.39 is 5.91 Å². The van der Waals surface area contributed by atoms with Crippen LogP contribution in [0.5, 0.6) is 11.5 Å². The van der Waals surface area contributed by atoms with Gasteiger partial charge in [-0.15, -0.1) is 0 Å². The van der Waals surface area contributed by atoms with Crippen LogP contribution in [0, 0.1) is 18.3 Å². The number of amidine groups is 2. The van der Waals surface area contributed by atoms with Gasteiger partial charge < -0.3 is 9.47 Å². The van der Waals surface area contributed by atoms with Crippen molar-refractivity contribution in [2.75, 3.05) is 13.2 Å². The number of hydrazone groups is 1. The number of fused-ring (bicyclic) bond motifs is 1. The van der Waals surface area contributed by atoms with Gasteiger partial charge in [-0.25, -0.2) is 0 Å². The highest BCUT2D eigenvalue weighted by atomic mass is 32.2. The Morgan fingerprint density at radius 2 is 1.91 bits per heavy atom. The van der Waals surface area contributed by atoms with Crippen LogP contribution in [0.4, 0.5) is 0 Å². The van der Waals surface area contributed by atoms with Gasteiger partial charge in [-0.2, -0.15) is 15.1 Å². The Morgan fingerprint density at radius 3 is 2.69 bits per heavy atom. The third-order valence-electron chi connectivity index (χ3n) is 4.84. The van der Waals surface area contributed by atoms with Crippen LogP contribution in [0.3, 0.4) is 0 Å². The molecule has 0 atom stereocenters. The third kappa shape index (κ3) is 4.75. The molecule has 0 spiro atoms. The predicted molar refractivity (Wildman–Crippen MR) is 128 cm³/mol. The molecule has 2 heterocycles. The maximum absolute atomic E-state index is 12.6. The van der Waals surface area contributed by atoms with E-state index in [1.807, 2.05) is 69.3 Å². The van der Waals surface area contributed by atoms with Crippen LogP contribution >= 0.6 is 11.8 Å². The monoisotopic (exact) mass is 448 g/mol. The summed E-state index contributed by atoms with van der Waals surface area (Å²) in [5.41, 5.74) is 2.02. The summed E-state index contributed by atoms with van der Waals surface area (Å²) in [7, 11) is 0. The van der Waals surface area contributed by atoms with Crippen molar-refractivity contribution in [1.29, 1.82) is 5.41 Å². The fourth-order valence-corrected chi connectivity index (χ4v) is 4.02. The number of aryl methyl sites for hydroxylation is 1. The molecule has 2 aliphatic heterocycles. The van der Waals surface area contributed by atoms with E-state index >= 15 is 0 Å². The number of hydrogen-bond acceptors (Lipinski definition) is 6. The fraction of sp³-hybridized carbons (Fsp3) is 0.250. The van der Waals surface area contributed by atoms with E-state index in [4.69, 9.17) is 14.9 Å². The second kappa shape index (κ2) is 9.40. The number of benzene rings is 2. The number of hydrogen-bond donors (Lipinski definition) is 1. The lowest BCUT2D eigenvalue weighted by molar-refractivity contribution is -0.114. The third-order valence-corrected chi connectivity index (χ3v) is 6.05. The maximum Gasteiger partial charge on any atom is 0.283 e. The lowest BCUT2D eigenvalue weighted by Gasteiger charge is -2.20. The molecule has 2 aliphatic rings. The highest BCUT2D eigenvalue weighted by Gasteiger charge is 2.36. The largest absolute Gasteiger partial charge is 0.490 e. The molecule has 7 nitrogen and oxygen atoms in total. The Labute approximate surface area is 191 Å². The summed E-state index contributed by atoms with van der Waals surface area (Å²) in [4.78, 5) is 16.7. The molecular formula is C24H24N4O3S. The topological polar surface area (TPSA) is 87.3 Å². The van der Waals surface area contributed by atoms with E-state index in [1.54, 1.807) is 6.08 Å². The molecule has 0 bridgehead atoms. The minimum atomic E-state index is -0.438. The second-order valence-corrected chi connectivity index (χ2v) is 8.64. The van der Waals surface area contributed by atoms with Crippen molar-refractivity contribution in [2.24, 2.45) is 16.0 Å². The van der Waals surface area contributed by atoms with E-state index in [1.165, 1.54) is 16.8 Å². The van der Waals surface area contributed by atoms with E-state index in [-0.39, 0.29) is 17.3 Å². The van der Waals surface area contributed by atoms with E-state index in [0.717, 1.165) is 21.9 Å². The minimum Gasteiger partial charge on any atom is -0.490 e. The van der Waals surface area contributed by atoms with Crippen molar-refractivity contribution in [3.63, 3.8) is 0 Å². The zero-order valence-corrected chi connectivity index (χ0v) is 19.0. The van der Waals surface area contributed by atoms with E-state index in [9.17, 15) is 4.79 Å². The Morgan fingerprint density at radius 1 is 1.12 bits per heavy atom. The van der Waals surface area contributed by atoms with Gasteiger partial charge in [0.25, 0.3) is 5.91 Å². The maximum atomic E-state index is 12.6. The summed E-state index contributed by atoms with van der Waals surface area (Å²) in [5.74, 6) is 1.29. The minimum absolute atomic E-state index is 0.0288. The normalized spacial score (nSPS) is 16.9. The Bertz CT molecular complexity index is 1150. The fourth-order valence-electron chi connectivity index (χ4n) is 3.13. The molecule has 8 heteroatoms. The van der Waals surface area contributed by atoms with Gasteiger partial charge in [-0.1, -0.05) is 44.2 Å². The molecule has 0 aliphatic carbocycles. The Kier molecular flexibility index (Phi) is 6.41. The zero-order chi connectivity index (χ0) is 22.7. The lowest BCUT2D eigenvalue weighted by atomic mass is 10.1. The number of rotatable bonds is 7. The molecule has 0 aromatic heterocycles. The number of nitrogens with one attached hydrogen (secondary N) is 1. The number of aliphatic imine (C=N–C) groups is 1. The summed E-state index contributed by atoms with van der Waals surface area (Å²) in [6, 6.07) is 15.2. The summed E-state index contributed by atoms with van der Waals surface area (Å²) >= 11 is 1.34. The lowest BCUT2D eigenvalue weighted by Crippen LogP contribution is -2.35. The number of amides is 1. The van der Waals surface area contributed by atoms with Crippen molar-refractivity contribution in [1.82, 2.24) is 5.01 Å². The summed E-state index contributed by atoms with van der Waals surface area (Å²) in [6.07, 6.45) is 1.65. The number of thioether (sulfide) groups is 1. The summed E-state index contributed by atoms with van der Waals surface area (Å²) in [5, 5.41) is 15.6. The Hall–Kier alpha value is -3.39. The standard InChI is InChI=1S/C24H24N4O3S/c1-15(2)23-27-28-21(25)19(22(29)26-24(28)32-23)14-17-8-6-9-18(13-17)30-11-12-31-20-10-5-4-7-16(20)3/h4-10,13-15,25H,11-12H2,1-3H3/b19-14-,25-21?. The SMILES string of the molecule is Cc1ccccc1OCCOc1cccc(/C=C2/C(=N)N3N=C(C(C)C)SC3=NC2=O)c1. The molecule has 0 radical (unpaired) electrons. The molecular weight excluding hydrogens is 424 g/mol. The summed E-state index contributed by atoms with van der Waals surface area (Å²) < 4.78 is 11.6. The van der Waals surface area contributed by atoms with Gasteiger partial charge in [-0.05, 0) is 54.1 Å². The van der Waals surface area contributed by atoms with Crippen molar-refractivity contribution >= 4 is 39.8 Å². The van der Waals surface area contributed by atoms with Gasteiger partial charge in [-0.3, -0.25) is 10.2 Å². The van der Waals surface area contributed by atoms with Crippen molar-refractivity contribution in [2.45, 2.75) is 20.8 Å². The zero-order valence-electron chi connectivity index (χ0n) is 18.2. The first-order chi connectivity index (χ1) is 15.4. The van der Waals surface area contributed by atoms with Crippen LogP contribution < -0.4 is 9.47 Å². The Balaban J connectivity index is 1.42. The number of carbonyl (C=O) groups excluding carboxylic acids is 1. The van der Waals surface area contributed by atoms with E-state index in [0.29, 0.717) is 24.1 Å².